The van der Waals surface area contributed by atoms with Crippen LogP contribution in [0.5, 0.6) is 11.5 Å². The van der Waals surface area contributed by atoms with E-state index >= 15 is 0 Å². The number of hydrazone groups is 1. The molecule has 0 atom stereocenters. The van der Waals surface area contributed by atoms with Gasteiger partial charge in [-0.15, -0.1) is 0 Å². The van der Waals surface area contributed by atoms with Gasteiger partial charge in [-0.2, -0.15) is 5.10 Å². The third kappa shape index (κ3) is 9.09. The van der Waals surface area contributed by atoms with Crippen LogP contribution in [0.1, 0.15) is 30.0 Å². The number of rotatable bonds is 12. The van der Waals surface area contributed by atoms with Gasteiger partial charge in [0.25, 0.3) is 5.91 Å². The number of benzene rings is 2. The molecule has 0 bridgehead atoms. The number of nitrogens with one attached hydrogen (secondary N) is 3. The van der Waals surface area contributed by atoms with Crippen molar-refractivity contribution >= 4 is 29.6 Å². The van der Waals surface area contributed by atoms with Crippen LogP contribution in [0.25, 0.3) is 0 Å². The highest BCUT2D eigenvalue weighted by atomic mass is 16.5. The third-order valence-electron chi connectivity index (χ3n) is 4.77. The third-order valence-corrected chi connectivity index (χ3v) is 4.77. The van der Waals surface area contributed by atoms with E-state index in [2.05, 4.69) is 21.2 Å². The van der Waals surface area contributed by atoms with Gasteiger partial charge >= 0.3 is 11.8 Å². The molecular formula is C25H32N4O6. The first-order valence-electron chi connectivity index (χ1n) is 11.2. The Hall–Kier alpha value is -3.92. The van der Waals surface area contributed by atoms with Crippen molar-refractivity contribution in [2.45, 2.75) is 27.2 Å². The first-order chi connectivity index (χ1) is 16.8. The number of ether oxygens (including phenoxy) is 3. The zero-order chi connectivity index (χ0) is 25.6. The van der Waals surface area contributed by atoms with Crippen LogP contribution < -0.4 is 25.5 Å². The molecule has 0 aliphatic rings. The van der Waals surface area contributed by atoms with Crippen LogP contribution in [-0.2, 0) is 19.1 Å². The van der Waals surface area contributed by atoms with Gasteiger partial charge in [-0.1, -0.05) is 18.2 Å². The van der Waals surface area contributed by atoms with Crippen molar-refractivity contribution < 1.29 is 28.6 Å². The van der Waals surface area contributed by atoms with Gasteiger partial charge in [0.2, 0.25) is 0 Å². The lowest BCUT2D eigenvalue weighted by molar-refractivity contribution is -0.139. The number of anilines is 1. The lowest BCUT2D eigenvalue weighted by Crippen LogP contribution is -2.38. The van der Waals surface area contributed by atoms with Crippen molar-refractivity contribution in [1.82, 2.24) is 10.7 Å². The molecule has 3 N–H and O–H groups in total. The van der Waals surface area contributed by atoms with Crippen LogP contribution in [-0.4, -0.2) is 57.4 Å². The molecule has 2 aromatic rings. The number of aryl methyl sites for hydroxylation is 2. The molecule has 2 rings (SSSR count). The number of carbonyl (C=O) groups excluding carboxylic acids is 3. The average molecular weight is 485 g/mol. The monoisotopic (exact) mass is 484 g/mol. The Labute approximate surface area is 205 Å². The number of nitrogens with zero attached hydrogens (tertiary/aromatic N) is 1. The zero-order valence-electron chi connectivity index (χ0n) is 20.5. The molecule has 2 aromatic carbocycles. The van der Waals surface area contributed by atoms with Crippen LogP contribution in [0.3, 0.4) is 0 Å². The average Bonchev–Trinajstić information content (AvgIpc) is 2.83. The van der Waals surface area contributed by atoms with Crippen LogP contribution >= 0.6 is 0 Å². The van der Waals surface area contributed by atoms with Gasteiger partial charge in [0.15, 0.2) is 18.1 Å². The highest BCUT2D eigenvalue weighted by molar-refractivity contribution is 6.35. The number of para-hydroxylation sites is 1. The van der Waals surface area contributed by atoms with E-state index in [1.54, 1.807) is 25.3 Å². The molecule has 0 heterocycles. The van der Waals surface area contributed by atoms with Crippen LogP contribution in [0.2, 0.25) is 0 Å². The first-order valence-corrected chi connectivity index (χ1v) is 11.2. The Balaban J connectivity index is 1.93. The predicted molar refractivity (Wildman–Crippen MR) is 133 cm³/mol. The molecule has 0 aromatic heterocycles. The normalized spacial score (nSPS) is 10.6. The molecule has 0 radical (unpaired) electrons. The maximum atomic E-state index is 12.4. The van der Waals surface area contributed by atoms with Crippen molar-refractivity contribution in [2.24, 2.45) is 5.10 Å². The molecular weight excluding hydrogens is 452 g/mol. The molecule has 0 saturated carbocycles. The van der Waals surface area contributed by atoms with E-state index in [1.807, 2.05) is 39.0 Å². The first kappa shape index (κ1) is 27.3. The Morgan fingerprint density at radius 1 is 1.00 bits per heavy atom. The van der Waals surface area contributed by atoms with Crippen molar-refractivity contribution in [3.8, 4) is 11.5 Å². The van der Waals surface area contributed by atoms with Crippen molar-refractivity contribution in [3.05, 3.63) is 53.1 Å². The van der Waals surface area contributed by atoms with Gasteiger partial charge in [-0.3, -0.25) is 14.4 Å². The Kier molecular flexibility index (Phi) is 11.2. The molecule has 0 spiro atoms. The van der Waals surface area contributed by atoms with Crippen molar-refractivity contribution in [3.63, 3.8) is 0 Å². The SMILES string of the molecule is CCOc1cc(/C=N\NC(=O)C(=O)NCCCOC)ccc1OCC(=O)Nc1c(C)cccc1C. The second-order valence-electron chi connectivity index (χ2n) is 7.54. The molecule has 0 aliphatic heterocycles. The minimum atomic E-state index is -0.876. The van der Waals surface area contributed by atoms with Gasteiger partial charge < -0.3 is 24.8 Å². The van der Waals surface area contributed by atoms with Gasteiger partial charge in [0.05, 0.1) is 12.8 Å². The fraction of sp³-hybridized carbons (Fsp3) is 0.360. The number of amides is 3. The standard InChI is InChI=1S/C25H32N4O6/c1-5-34-21-14-19(15-27-29-25(32)24(31)26-12-7-13-33-4)10-11-20(21)35-16-22(30)28-23-17(2)8-6-9-18(23)3/h6,8-11,14-15H,5,7,12-13,16H2,1-4H3,(H,26,31)(H,28,30)(H,29,32)/b27-15-. The molecule has 35 heavy (non-hydrogen) atoms. The van der Waals surface area contributed by atoms with E-state index in [1.165, 1.54) is 6.21 Å². The van der Waals surface area contributed by atoms with E-state index < -0.39 is 11.8 Å². The van der Waals surface area contributed by atoms with E-state index in [0.29, 0.717) is 43.2 Å². The molecule has 0 unspecified atom stereocenters. The summed E-state index contributed by atoms with van der Waals surface area (Å²) in [5.74, 6) is -1.15. The molecule has 3 amide bonds. The second kappa shape index (κ2) is 14.4. The molecule has 0 fully saturated rings. The summed E-state index contributed by atoms with van der Waals surface area (Å²) in [6, 6.07) is 10.8. The molecule has 10 heteroatoms. The van der Waals surface area contributed by atoms with Crippen LogP contribution in [0, 0.1) is 13.8 Å². The minimum Gasteiger partial charge on any atom is -0.490 e. The van der Waals surface area contributed by atoms with Gasteiger partial charge in [0, 0.05) is 25.9 Å². The van der Waals surface area contributed by atoms with E-state index in [0.717, 1.165) is 16.8 Å². The van der Waals surface area contributed by atoms with Gasteiger partial charge in [0.1, 0.15) is 0 Å². The molecule has 10 nitrogen and oxygen atoms in total. The summed E-state index contributed by atoms with van der Waals surface area (Å²) in [7, 11) is 1.56. The van der Waals surface area contributed by atoms with Crippen molar-refractivity contribution in [2.75, 3.05) is 38.8 Å². The maximum absolute atomic E-state index is 12.4. The number of hydrogen-bond acceptors (Lipinski definition) is 7. The molecule has 0 saturated heterocycles. The number of methoxy groups -OCH3 is 1. The highest BCUT2D eigenvalue weighted by Gasteiger charge is 2.13. The summed E-state index contributed by atoms with van der Waals surface area (Å²) >= 11 is 0. The Morgan fingerprint density at radius 3 is 2.43 bits per heavy atom. The fourth-order valence-electron chi connectivity index (χ4n) is 3.04. The van der Waals surface area contributed by atoms with E-state index in [-0.39, 0.29) is 12.5 Å². The predicted octanol–water partition coefficient (Wildman–Crippen LogP) is 2.32. The Bertz CT molecular complexity index is 1030. The van der Waals surface area contributed by atoms with E-state index in [9.17, 15) is 14.4 Å². The van der Waals surface area contributed by atoms with Crippen molar-refractivity contribution in [1.29, 1.82) is 0 Å². The fourth-order valence-corrected chi connectivity index (χ4v) is 3.04. The summed E-state index contributed by atoms with van der Waals surface area (Å²) in [4.78, 5) is 35.9. The van der Waals surface area contributed by atoms with E-state index in [4.69, 9.17) is 14.2 Å². The summed E-state index contributed by atoms with van der Waals surface area (Å²) in [5.41, 5.74) is 5.47. The summed E-state index contributed by atoms with van der Waals surface area (Å²) < 4.78 is 16.2. The zero-order valence-corrected chi connectivity index (χ0v) is 20.5. The maximum Gasteiger partial charge on any atom is 0.329 e. The lowest BCUT2D eigenvalue weighted by atomic mass is 10.1. The lowest BCUT2D eigenvalue weighted by Gasteiger charge is -2.14. The molecule has 188 valence electrons. The summed E-state index contributed by atoms with van der Waals surface area (Å²) in [6.07, 6.45) is 1.97. The van der Waals surface area contributed by atoms with Gasteiger partial charge in [-0.05, 0) is 62.1 Å². The quantitative estimate of drug-likeness (QED) is 0.184. The summed E-state index contributed by atoms with van der Waals surface area (Å²) in [6.45, 7) is 6.67. The smallest absolute Gasteiger partial charge is 0.329 e. The topological polar surface area (TPSA) is 127 Å². The summed E-state index contributed by atoms with van der Waals surface area (Å²) in [5, 5.41) is 9.15. The second-order valence-corrected chi connectivity index (χ2v) is 7.54. The highest BCUT2D eigenvalue weighted by Crippen LogP contribution is 2.28. The van der Waals surface area contributed by atoms with Crippen LogP contribution in [0.4, 0.5) is 5.69 Å². The Morgan fingerprint density at radius 2 is 1.74 bits per heavy atom. The number of carbonyl (C=O) groups is 3. The largest absolute Gasteiger partial charge is 0.490 e. The number of hydrogen-bond donors (Lipinski definition) is 3. The molecule has 0 aliphatic carbocycles. The van der Waals surface area contributed by atoms with Crippen LogP contribution in [0.15, 0.2) is 41.5 Å². The van der Waals surface area contributed by atoms with Gasteiger partial charge in [-0.25, -0.2) is 5.43 Å². The minimum absolute atomic E-state index is 0.198.